The van der Waals surface area contributed by atoms with Crippen LogP contribution in [-0.4, -0.2) is 38.7 Å². The van der Waals surface area contributed by atoms with Crippen molar-refractivity contribution in [3.8, 4) is 5.75 Å². The number of benzene rings is 2. The third-order valence-electron chi connectivity index (χ3n) is 4.22. The van der Waals surface area contributed by atoms with Crippen LogP contribution in [0.4, 0.5) is 5.69 Å². The van der Waals surface area contributed by atoms with Crippen LogP contribution in [0.25, 0.3) is 10.8 Å². The average molecular weight is 342 g/mol. The van der Waals surface area contributed by atoms with Crippen molar-refractivity contribution >= 4 is 28.3 Å². The third kappa shape index (κ3) is 3.17. The molecular weight excluding hydrogens is 320 g/mol. The van der Waals surface area contributed by atoms with Gasteiger partial charge < -0.3 is 14.8 Å². The van der Waals surface area contributed by atoms with E-state index in [1.165, 1.54) is 0 Å². The van der Waals surface area contributed by atoms with E-state index in [1.807, 2.05) is 24.3 Å². The molecule has 2 amide bonds. The van der Waals surface area contributed by atoms with Crippen molar-refractivity contribution in [3.05, 3.63) is 35.4 Å². The number of hydrogen-bond donors (Lipinski definition) is 2. The molecule has 0 radical (unpaired) electrons. The molecule has 2 N–H and O–H groups in total. The van der Waals surface area contributed by atoms with Gasteiger partial charge in [0.2, 0.25) is 0 Å². The lowest BCUT2D eigenvalue weighted by atomic mass is 9.97. The molecule has 0 bridgehead atoms. The summed E-state index contributed by atoms with van der Waals surface area (Å²) in [5.74, 6) is -0.206. The SMILES string of the molecule is CCCCOCCOc1c(NC)c2c(c3ccccc13)C(=O)NC2=O. The van der Waals surface area contributed by atoms with Gasteiger partial charge in [0.05, 0.1) is 23.4 Å². The molecule has 2 aromatic carbocycles. The molecule has 0 saturated heterocycles. The molecule has 0 saturated carbocycles. The Hall–Kier alpha value is -2.60. The predicted molar refractivity (Wildman–Crippen MR) is 96.5 cm³/mol. The second kappa shape index (κ2) is 7.53. The van der Waals surface area contributed by atoms with E-state index >= 15 is 0 Å². The van der Waals surface area contributed by atoms with Gasteiger partial charge in [-0.15, -0.1) is 0 Å². The van der Waals surface area contributed by atoms with Crippen molar-refractivity contribution in [2.24, 2.45) is 0 Å². The van der Waals surface area contributed by atoms with E-state index in [0.717, 1.165) is 18.2 Å². The van der Waals surface area contributed by atoms with E-state index in [2.05, 4.69) is 17.6 Å². The minimum absolute atomic E-state index is 0.341. The number of rotatable bonds is 8. The van der Waals surface area contributed by atoms with Crippen LogP contribution in [0.3, 0.4) is 0 Å². The number of ether oxygens (including phenoxy) is 2. The Bertz CT molecular complexity index is 817. The molecular formula is C19H22N2O4. The minimum atomic E-state index is -0.404. The van der Waals surface area contributed by atoms with E-state index < -0.39 is 5.91 Å². The zero-order chi connectivity index (χ0) is 17.8. The normalized spacial score (nSPS) is 13.0. The number of imide groups is 1. The Balaban J connectivity index is 1.97. The van der Waals surface area contributed by atoms with Gasteiger partial charge >= 0.3 is 0 Å². The summed E-state index contributed by atoms with van der Waals surface area (Å²) in [6.07, 6.45) is 2.11. The summed E-state index contributed by atoms with van der Waals surface area (Å²) in [4.78, 5) is 24.5. The number of carbonyl (C=O) groups is 2. The van der Waals surface area contributed by atoms with Crippen LogP contribution in [0.5, 0.6) is 5.75 Å². The lowest BCUT2D eigenvalue weighted by Crippen LogP contribution is -2.20. The second-order valence-corrected chi connectivity index (χ2v) is 5.85. The Kier molecular flexibility index (Phi) is 5.19. The molecule has 132 valence electrons. The van der Waals surface area contributed by atoms with Gasteiger partial charge in [0, 0.05) is 19.0 Å². The number of unbranched alkanes of at least 4 members (excludes halogenated alkanes) is 1. The van der Waals surface area contributed by atoms with E-state index in [1.54, 1.807) is 7.05 Å². The highest BCUT2D eigenvalue weighted by molar-refractivity contribution is 6.30. The first-order chi connectivity index (χ1) is 12.2. The summed E-state index contributed by atoms with van der Waals surface area (Å²) >= 11 is 0. The van der Waals surface area contributed by atoms with E-state index in [-0.39, 0.29) is 5.91 Å². The fourth-order valence-corrected chi connectivity index (χ4v) is 3.04. The first kappa shape index (κ1) is 17.2. The fourth-order valence-electron chi connectivity index (χ4n) is 3.04. The van der Waals surface area contributed by atoms with Crippen molar-refractivity contribution in [1.82, 2.24) is 5.32 Å². The monoisotopic (exact) mass is 342 g/mol. The highest BCUT2D eigenvalue weighted by Crippen LogP contribution is 2.41. The number of carbonyl (C=O) groups excluding carboxylic acids is 2. The summed E-state index contributed by atoms with van der Waals surface area (Å²) in [7, 11) is 1.71. The Labute approximate surface area is 146 Å². The van der Waals surface area contributed by atoms with Crippen LogP contribution in [0.2, 0.25) is 0 Å². The highest BCUT2D eigenvalue weighted by Gasteiger charge is 2.34. The fraction of sp³-hybridized carbons (Fsp3) is 0.368. The lowest BCUT2D eigenvalue weighted by Gasteiger charge is -2.17. The van der Waals surface area contributed by atoms with E-state index in [4.69, 9.17) is 9.47 Å². The van der Waals surface area contributed by atoms with Crippen molar-refractivity contribution in [3.63, 3.8) is 0 Å². The highest BCUT2D eigenvalue weighted by atomic mass is 16.5. The maximum absolute atomic E-state index is 12.2. The molecule has 0 aliphatic carbocycles. The quantitative estimate of drug-likeness (QED) is 0.570. The van der Waals surface area contributed by atoms with Gasteiger partial charge in [0.1, 0.15) is 6.61 Å². The van der Waals surface area contributed by atoms with Crippen LogP contribution in [-0.2, 0) is 4.74 Å². The predicted octanol–water partition coefficient (Wildman–Crippen LogP) is 2.96. The molecule has 6 heteroatoms. The molecule has 1 heterocycles. The van der Waals surface area contributed by atoms with Gasteiger partial charge in [-0.3, -0.25) is 14.9 Å². The zero-order valence-corrected chi connectivity index (χ0v) is 14.5. The molecule has 1 aliphatic heterocycles. The van der Waals surface area contributed by atoms with E-state index in [9.17, 15) is 9.59 Å². The molecule has 0 atom stereocenters. The maximum Gasteiger partial charge on any atom is 0.261 e. The average Bonchev–Trinajstić information content (AvgIpc) is 2.92. The largest absolute Gasteiger partial charge is 0.488 e. The zero-order valence-electron chi connectivity index (χ0n) is 14.5. The van der Waals surface area contributed by atoms with Gasteiger partial charge in [-0.1, -0.05) is 37.6 Å². The molecule has 25 heavy (non-hydrogen) atoms. The number of nitrogens with one attached hydrogen (secondary N) is 2. The van der Waals surface area contributed by atoms with Gasteiger partial charge in [0.25, 0.3) is 11.8 Å². The number of anilines is 1. The van der Waals surface area contributed by atoms with Gasteiger partial charge in [-0.2, -0.15) is 0 Å². The van der Waals surface area contributed by atoms with Gasteiger partial charge in [0.15, 0.2) is 5.75 Å². The molecule has 2 aromatic rings. The van der Waals surface area contributed by atoms with Crippen molar-refractivity contribution in [1.29, 1.82) is 0 Å². The standard InChI is InChI=1S/C19H22N2O4/c1-3-4-9-24-10-11-25-17-13-8-6-5-7-12(13)14-15(16(17)20-2)19(23)21-18(14)22/h5-8,20H,3-4,9-11H2,1-2H3,(H,21,22,23). The minimum Gasteiger partial charge on any atom is -0.488 e. The summed E-state index contributed by atoms with van der Waals surface area (Å²) in [5, 5.41) is 6.90. The van der Waals surface area contributed by atoms with Crippen LogP contribution in [0, 0.1) is 0 Å². The number of fused-ring (bicyclic) bond motifs is 3. The summed E-state index contributed by atoms with van der Waals surface area (Å²) < 4.78 is 11.5. The smallest absolute Gasteiger partial charge is 0.261 e. The molecule has 6 nitrogen and oxygen atoms in total. The topological polar surface area (TPSA) is 76.7 Å². The molecule has 0 fully saturated rings. The molecule has 0 aromatic heterocycles. The van der Waals surface area contributed by atoms with Crippen LogP contribution < -0.4 is 15.4 Å². The first-order valence-corrected chi connectivity index (χ1v) is 8.51. The number of hydrogen-bond acceptors (Lipinski definition) is 5. The molecule has 1 aliphatic rings. The second-order valence-electron chi connectivity index (χ2n) is 5.85. The lowest BCUT2D eigenvalue weighted by molar-refractivity contribution is 0.0880. The third-order valence-corrected chi connectivity index (χ3v) is 4.22. The van der Waals surface area contributed by atoms with Gasteiger partial charge in [-0.05, 0) is 11.8 Å². The summed E-state index contributed by atoms with van der Waals surface area (Å²) in [5.41, 5.74) is 1.27. The van der Waals surface area contributed by atoms with Gasteiger partial charge in [-0.25, -0.2) is 0 Å². The maximum atomic E-state index is 12.2. The Morgan fingerprint density at radius 2 is 1.72 bits per heavy atom. The van der Waals surface area contributed by atoms with Crippen molar-refractivity contribution in [2.45, 2.75) is 19.8 Å². The Morgan fingerprint density at radius 1 is 1.00 bits per heavy atom. The summed E-state index contributed by atoms with van der Waals surface area (Å²) in [6.45, 7) is 3.67. The van der Waals surface area contributed by atoms with Crippen LogP contribution in [0.1, 0.15) is 40.5 Å². The van der Waals surface area contributed by atoms with Crippen molar-refractivity contribution < 1.29 is 19.1 Å². The summed E-state index contributed by atoms with van der Waals surface area (Å²) in [6, 6.07) is 7.44. The van der Waals surface area contributed by atoms with Crippen LogP contribution >= 0.6 is 0 Å². The number of amides is 2. The molecule has 0 spiro atoms. The van der Waals surface area contributed by atoms with Crippen molar-refractivity contribution in [2.75, 3.05) is 32.2 Å². The molecule has 3 rings (SSSR count). The Morgan fingerprint density at radius 3 is 2.44 bits per heavy atom. The van der Waals surface area contributed by atoms with Crippen LogP contribution in [0.15, 0.2) is 24.3 Å². The molecule has 0 unspecified atom stereocenters. The van der Waals surface area contributed by atoms with E-state index in [0.29, 0.717) is 47.8 Å². The first-order valence-electron chi connectivity index (χ1n) is 8.51.